The van der Waals surface area contributed by atoms with E-state index in [4.69, 9.17) is 11.6 Å². The summed E-state index contributed by atoms with van der Waals surface area (Å²) < 4.78 is 1.46. The fourth-order valence-corrected chi connectivity index (χ4v) is 4.46. The number of aromatic nitrogens is 4. The molecule has 0 saturated carbocycles. The Morgan fingerprint density at radius 3 is 2.75 bits per heavy atom. The largest absolute Gasteiger partial charge is 0.368 e. The molecule has 0 aliphatic carbocycles. The molecular weight excluding hydrogens is 484 g/mol. The van der Waals surface area contributed by atoms with E-state index in [2.05, 4.69) is 30.4 Å². The van der Waals surface area contributed by atoms with Crippen LogP contribution in [0.1, 0.15) is 5.69 Å². The van der Waals surface area contributed by atoms with Gasteiger partial charge in [0.15, 0.2) is 0 Å². The molecule has 2 aromatic carbocycles. The maximum atomic E-state index is 12.3. The molecule has 0 atom stereocenters. The van der Waals surface area contributed by atoms with Crippen molar-refractivity contribution in [3.05, 3.63) is 81.8 Å². The van der Waals surface area contributed by atoms with E-state index in [0.29, 0.717) is 17.3 Å². The van der Waals surface area contributed by atoms with Gasteiger partial charge in [-0.15, -0.1) is 5.10 Å². The second-order valence-electron chi connectivity index (χ2n) is 8.52. The van der Waals surface area contributed by atoms with Gasteiger partial charge in [-0.05, 0) is 30.3 Å². The minimum atomic E-state index is -0.506. The van der Waals surface area contributed by atoms with Crippen LogP contribution in [0.4, 0.5) is 17.1 Å². The van der Waals surface area contributed by atoms with Crippen LogP contribution in [0.2, 0.25) is 5.02 Å². The Hall–Kier alpha value is -4.09. The summed E-state index contributed by atoms with van der Waals surface area (Å²) in [7, 11) is 0. The van der Waals surface area contributed by atoms with Crippen LogP contribution in [0.5, 0.6) is 0 Å². The molecule has 0 radical (unpaired) electrons. The number of hydrogen-bond donors (Lipinski definition) is 1. The van der Waals surface area contributed by atoms with E-state index in [0.717, 1.165) is 48.5 Å². The van der Waals surface area contributed by atoms with Crippen LogP contribution in [0.3, 0.4) is 0 Å². The number of non-ortho nitro benzene ring substituents is 1. The van der Waals surface area contributed by atoms with Crippen LogP contribution in [0, 0.1) is 10.1 Å². The molecule has 12 heteroatoms. The molecule has 0 unspecified atom stereocenters. The van der Waals surface area contributed by atoms with Gasteiger partial charge in [0.2, 0.25) is 5.91 Å². The number of rotatable bonds is 7. The predicted molar refractivity (Wildman–Crippen MR) is 136 cm³/mol. The summed E-state index contributed by atoms with van der Waals surface area (Å²) in [5.41, 5.74) is 3.08. The van der Waals surface area contributed by atoms with Crippen LogP contribution in [-0.4, -0.2) is 61.9 Å². The summed E-state index contributed by atoms with van der Waals surface area (Å²) in [4.78, 5) is 31.8. The number of pyridine rings is 1. The summed E-state index contributed by atoms with van der Waals surface area (Å²) in [6.45, 7) is 4.04. The maximum absolute atomic E-state index is 12.3. The van der Waals surface area contributed by atoms with E-state index in [1.54, 1.807) is 12.3 Å². The number of amides is 1. The van der Waals surface area contributed by atoms with Gasteiger partial charge in [0.05, 0.1) is 22.3 Å². The van der Waals surface area contributed by atoms with Crippen molar-refractivity contribution in [3.8, 4) is 0 Å². The highest BCUT2D eigenvalue weighted by Gasteiger charge is 2.20. The molecule has 1 amide bonds. The number of fused-ring (bicyclic) bond motifs is 1. The Bertz CT molecular complexity index is 1420. The van der Waals surface area contributed by atoms with Gasteiger partial charge in [-0.25, -0.2) is 4.68 Å². The molecule has 2 aromatic heterocycles. The summed E-state index contributed by atoms with van der Waals surface area (Å²) in [5, 5.41) is 23.6. The number of carbonyl (C=O) groups excluding carboxylic acids is 1. The van der Waals surface area contributed by atoms with Crippen molar-refractivity contribution < 1.29 is 9.72 Å². The van der Waals surface area contributed by atoms with Crippen LogP contribution in [0.15, 0.2) is 60.9 Å². The molecule has 0 bridgehead atoms. The Balaban J connectivity index is 1.14. The second-order valence-corrected chi connectivity index (χ2v) is 8.95. The second kappa shape index (κ2) is 10.3. The molecule has 5 rings (SSSR count). The molecule has 11 nitrogen and oxygen atoms in total. The van der Waals surface area contributed by atoms with Crippen molar-refractivity contribution >= 4 is 45.5 Å². The minimum Gasteiger partial charge on any atom is -0.368 e. The first kappa shape index (κ1) is 23.6. The molecule has 1 aliphatic heterocycles. The molecule has 1 N–H and O–H groups in total. The third-order valence-electron chi connectivity index (χ3n) is 6.01. The van der Waals surface area contributed by atoms with Crippen molar-refractivity contribution in [2.75, 3.05) is 36.4 Å². The minimum absolute atomic E-state index is 0.0391. The fourth-order valence-electron chi connectivity index (χ4n) is 4.29. The summed E-state index contributed by atoms with van der Waals surface area (Å²) >= 11 is 6.12. The lowest BCUT2D eigenvalue weighted by molar-refractivity contribution is -0.384. The molecule has 4 aromatic rings. The van der Waals surface area contributed by atoms with Crippen LogP contribution >= 0.6 is 11.6 Å². The lowest BCUT2D eigenvalue weighted by atomic mass is 10.1. The zero-order chi connectivity index (χ0) is 25.1. The lowest BCUT2D eigenvalue weighted by Crippen LogP contribution is -2.46. The molecule has 184 valence electrons. The number of carbonyl (C=O) groups is 1. The normalized spacial score (nSPS) is 14.2. The van der Waals surface area contributed by atoms with E-state index in [1.165, 1.54) is 22.9 Å². The smallest absolute Gasteiger partial charge is 0.271 e. The number of anilines is 2. The first-order valence-corrected chi connectivity index (χ1v) is 11.8. The maximum Gasteiger partial charge on any atom is 0.271 e. The van der Waals surface area contributed by atoms with E-state index in [9.17, 15) is 14.9 Å². The Morgan fingerprint density at radius 1 is 1.11 bits per heavy atom. The van der Waals surface area contributed by atoms with E-state index in [1.807, 2.05) is 30.5 Å². The Morgan fingerprint density at radius 2 is 1.94 bits per heavy atom. The molecule has 1 saturated heterocycles. The molecule has 1 aliphatic rings. The van der Waals surface area contributed by atoms with Crippen molar-refractivity contribution in [2.45, 2.75) is 13.1 Å². The van der Waals surface area contributed by atoms with Crippen LogP contribution in [0.25, 0.3) is 10.9 Å². The van der Waals surface area contributed by atoms with Gasteiger partial charge in [-0.1, -0.05) is 22.9 Å². The van der Waals surface area contributed by atoms with Gasteiger partial charge >= 0.3 is 0 Å². The summed E-state index contributed by atoms with van der Waals surface area (Å²) in [6, 6.07) is 13.6. The monoisotopic (exact) mass is 506 g/mol. The standard InChI is InChI=1S/C24H23ClN8O3/c25-17-4-5-21-22(12-17)26-7-6-23(21)31-10-8-30(9-11-31)14-19-15-32(29-28-19)16-24(34)27-18-2-1-3-20(13-18)33(35)36/h1-7,12-13,15H,8-11,14,16H2,(H,27,34). The van der Waals surface area contributed by atoms with Crippen molar-refractivity contribution in [2.24, 2.45) is 0 Å². The molecule has 36 heavy (non-hydrogen) atoms. The van der Waals surface area contributed by atoms with Gasteiger partial charge in [0, 0.05) is 72.8 Å². The van der Waals surface area contributed by atoms with Gasteiger partial charge < -0.3 is 10.2 Å². The number of hydrogen-bond acceptors (Lipinski definition) is 8. The third-order valence-corrected chi connectivity index (χ3v) is 6.25. The SMILES string of the molecule is O=C(Cn1cc(CN2CCN(c3ccnc4cc(Cl)ccc34)CC2)nn1)Nc1cccc([N+](=O)[O-])c1. The van der Waals surface area contributed by atoms with Gasteiger partial charge in [0.25, 0.3) is 5.69 Å². The number of nitrogens with zero attached hydrogens (tertiary/aromatic N) is 7. The number of nitro groups is 1. The van der Waals surface area contributed by atoms with Gasteiger partial charge in [0.1, 0.15) is 6.54 Å². The number of piperazine rings is 1. The average Bonchev–Trinajstić information content (AvgIpc) is 3.30. The van der Waals surface area contributed by atoms with E-state index in [-0.39, 0.29) is 18.1 Å². The highest BCUT2D eigenvalue weighted by molar-refractivity contribution is 6.31. The zero-order valence-corrected chi connectivity index (χ0v) is 20.0. The zero-order valence-electron chi connectivity index (χ0n) is 19.2. The summed E-state index contributed by atoms with van der Waals surface area (Å²) in [6.07, 6.45) is 3.56. The Kier molecular flexibility index (Phi) is 6.74. The molecule has 1 fully saturated rings. The first-order valence-electron chi connectivity index (χ1n) is 11.4. The molecule has 0 spiro atoms. The van der Waals surface area contributed by atoms with Crippen molar-refractivity contribution in [3.63, 3.8) is 0 Å². The highest BCUT2D eigenvalue weighted by Crippen LogP contribution is 2.28. The topological polar surface area (TPSA) is 122 Å². The van der Waals surface area contributed by atoms with E-state index < -0.39 is 4.92 Å². The quantitative estimate of drug-likeness (QED) is 0.299. The number of nitrogens with one attached hydrogen (secondary N) is 1. The number of halogens is 1. The predicted octanol–water partition coefficient (Wildman–Crippen LogP) is 3.35. The highest BCUT2D eigenvalue weighted by atomic mass is 35.5. The van der Waals surface area contributed by atoms with Crippen LogP contribution < -0.4 is 10.2 Å². The lowest BCUT2D eigenvalue weighted by Gasteiger charge is -2.36. The third kappa shape index (κ3) is 5.42. The van der Waals surface area contributed by atoms with Crippen molar-refractivity contribution in [1.82, 2.24) is 24.9 Å². The van der Waals surface area contributed by atoms with Crippen molar-refractivity contribution in [1.29, 1.82) is 0 Å². The fraction of sp³-hybridized carbons (Fsp3) is 0.250. The number of benzene rings is 2. The van der Waals surface area contributed by atoms with Gasteiger partial charge in [-0.3, -0.25) is 24.8 Å². The summed E-state index contributed by atoms with van der Waals surface area (Å²) in [5.74, 6) is -0.341. The first-order chi connectivity index (χ1) is 17.4. The Labute approximate surface area is 211 Å². The number of nitro benzene ring substituents is 1. The average molecular weight is 507 g/mol. The van der Waals surface area contributed by atoms with Gasteiger partial charge in [-0.2, -0.15) is 0 Å². The van der Waals surface area contributed by atoms with E-state index >= 15 is 0 Å². The van der Waals surface area contributed by atoms with Crippen LogP contribution in [-0.2, 0) is 17.9 Å². The molecule has 3 heterocycles. The molecular formula is C24H23ClN8O3.